The van der Waals surface area contributed by atoms with Crippen molar-refractivity contribution in [1.82, 2.24) is 5.32 Å². The lowest BCUT2D eigenvalue weighted by atomic mass is 10.1. The van der Waals surface area contributed by atoms with Gasteiger partial charge in [-0.1, -0.05) is 28.1 Å². The molecule has 0 unspecified atom stereocenters. The van der Waals surface area contributed by atoms with Crippen molar-refractivity contribution in [1.29, 1.82) is 0 Å². The van der Waals surface area contributed by atoms with Crippen molar-refractivity contribution in [3.05, 3.63) is 64.1 Å². The predicted molar refractivity (Wildman–Crippen MR) is 97.5 cm³/mol. The molecule has 0 fully saturated rings. The Labute approximate surface area is 153 Å². The Bertz CT molecular complexity index is 775. The molecule has 0 spiro atoms. The van der Waals surface area contributed by atoms with Gasteiger partial charge in [0, 0.05) is 23.0 Å². The maximum atomic E-state index is 12.0. The predicted octanol–water partition coefficient (Wildman–Crippen LogP) is 2.99. The van der Waals surface area contributed by atoms with Crippen LogP contribution in [0.5, 0.6) is 0 Å². The van der Waals surface area contributed by atoms with E-state index in [4.69, 9.17) is 0 Å². The number of amides is 2. The monoisotopic (exact) mass is 404 g/mol. The summed E-state index contributed by atoms with van der Waals surface area (Å²) >= 11 is 3.30. The fraction of sp³-hybridized carbons (Fsp3) is 0.167. The van der Waals surface area contributed by atoms with Gasteiger partial charge in [0.15, 0.2) is 0 Å². The SMILES string of the molecule is COC(=O)c1ccccc1NC(=O)CCNC(=O)c1ccc(Br)cc1. The average molecular weight is 405 g/mol. The number of esters is 1. The number of nitrogens with one attached hydrogen (secondary N) is 2. The summed E-state index contributed by atoms with van der Waals surface area (Å²) in [5.41, 5.74) is 1.16. The number of anilines is 1. The molecule has 0 aliphatic carbocycles. The van der Waals surface area contributed by atoms with Crippen molar-refractivity contribution in [2.75, 3.05) is 19.0 Å². The summed E-state index contributed by atoms with van der Waals surface area (Å²) in [6.45, 7) is 0.182. The van der Waals surface area contributed by atoms with Gasteiger partial charge in [-0.2, -0.15) is 0 Å². The molecule has 0 heterocycles. The number of rotatable bonds is 6. The van der Waals surface area contributed by atoms with Gasteiger partial charge < -0.3 is 15.4 Å². The fourth-order valence-corrected chi connectivity index (χ4v) is 2.35. The molecule has 130 valence electrons. The number of benzene rings is 2. The van der Waals surface area contributed by atoms with Crippen LogP contribution in [0.25, 0.3) is 0 Å². The molecule has 0 aliphatic rings. The Morgan fingerprint density at radius 1 is 1.04 bits per heavy atom. The fourth-order valence-electron chi connectivity index (χ4n) is 2.09. The van der Waals surface area contributed by atoms with Crippen molar-refractivity contribution in [2.24, 2.45) is 0 Å². The van der Waals surface area contributed by atoms with Crippen LogP contribution in [0.2, 0.25) is 0 Å². The average Bonchev–Trinajstić information content (AvgIpc) is 2.62. The molecular formula is C18H17BrN2O4. The van der Waals surface area contributed by atoms with Gasteiger partial charge in [-0.15, -0.1) is 0 Å². The molecule has 2 amide bonds. The van der Waals surface area contributed by atoms with Crippen molar-refractivity contribution >= 4 is 39.4 Å². The number of hydrogen-bond donors (Lipinski definition) is 2. The molecule has 2 aromatic carbocycles. The molecule has 0 saturated carbocycles. The summed E-state index contributed by atoms with van der Waals surface area (Å²) in [5, 5.41) is 5.33. The van der Waals surface area contributed by atoms with E-state index in [1.165, 1.54) is 7.11 Å². The Morgan fingerprint density at radius 2 is 1.72 bits per heavy atom. The minimum atomic E-state index is -0.528. The lowest BCUT2D eigenvalue weighted by molar-refractivity contribution is -0.116. The smallest absolute Gasteiger partial charge is 0.339 e. The number of para-hydroxylation sites is 1. The molecule has 2 N–H and O–H groups in total. The van der Waals surface area contributed by atoms with Crippen LogP contribution in [0.15, 0.2) is 53.0 Å². The Kier molecular flexibility index (Phi) is 6.71. The van der Waals surface area contributed by atoms with E-state index in [2.05, 4.69) is 31.3 Å². The van der Waals surface area contributed by atoms with Gasteiger partial charge in [0.25, 0.3) is 5.91 Å². The van der Waals surface area contributed by atoms with E-state index in [9.17, 15) is 14.4 Å². The highest BCUT2D eigenvalue weighted by atomic mass is 79.9. The first-order chi connectivity index (χ1) is 12.0. The summed E-state index contributed by atoms with van der Waals surface area (Å²) in [5.74, 6) is -1.10. The van der Waals surface area contributed by atoms with Crippen LogP contribution in [0.4, 0.5) is 5.69 Å². The molecule has 0 radical (unpaired) electrons. The molecule has 2 rings (SSSR count). The second kappa shape index (κ2) is 8.98. The van der Waals surface area contributed by atoms with E-state index < -0.39 is 5.97 Å². The van der Waals surface area contributed by atoms with Crippen molar-refractivity contribution in [3.63, 3.8) is 0 Å². The lowest BCUT2D eigenvalue weighted by Gasteiger charge is -2.10. The van der Waals surface area contributed by atoms with Gasteiger partial charge in [-0.3, -0.25) is 9.59 Å². The highest BCUT2D eigenvalue weighted by Gasteiger charge is 2.13. The third-order valence-electron chi connectivity index (χ3n) is 3.35. The van der Waals surface area contributed by atoms with Gasteiger partial charge in [-0.05, 0) is 36.4 Å². The number of ether oxygens (including phenoxy) is 1. The van der Waals surface area contributed by atoms with Crippen LogP contribution in [0.3, 0.4) is 0 Å². The molecule has 0 aliphatic heterocycles. The van der Waals surface area contributed by atoms with E-state index >= 15 is 0 Å². The number of methoxy groups -OCH3 is 1. The number of halogens is 1. The van der Waals surface area contributed by atoms with Crippen LogP contribution >= 0.6 is 15.9 Å². The van der Waals surface area contributed by atoms with Gasteiger partial charge >= 0.3 is 5.97 Å². The summed E-state index contributed by atoms with van der Waals surface area (Å²) in [6.07, 6.45) is 0.0811. The number of carbonyl (C=O) groups is 3. The van der Waals surface area contributed by atoms with Crippen LogP contribution < -0.4 is 10.6 Å². The largest absolute Gasteiger partial charge is 0.465 e. The molecule has 25 heavy (non-hydrogen) atoms. The van der Waals surface area contributed by atoms with Crippen molar-refractivity contribution in [2.45, 2.75) is 6.42 Å². The highest BCUT2D eigenvalue weighted by Crippen LogP contribution is 2.16. The quantitative estimate of drug-likeness (QED) is 0.724. The normalized spacial score (nSPS) is 10.0. The minimum Gasteiger partial charge on any atom is -0.465 e. The summed E-state index contributed by atoms with van der Waals surface area (Å²) in [7, 11) is 1.28. The molecule has 0 saturated heterocycles. The maximum Gasteiger partial charge on any atom is 0.339 e. The standard InChI is InChI=1S/C18H17BrN2O4/c1-25-18(24)14-4-2-3-5-15(14)21-16(22)10-11-20-17(23)12-6-8-13(19)9-7-12/h2-9H,10-11H2,1H3,(H,20,23)(H,21,22). The second-order valence-corrected chi connectivity index (χ2v) is 6.01. The summed E-state index contributed by atoms with van der Waals surface area (Å²) < 4.78 is 5.56. The van der Waals surface area contributed by atoms with E-state index in [0.717, 1.165) is 4.47 Å². The van der Waals surface area contributed by atoms with Crippen molar-refractivity contribution < 1.29 is 19.1 Å². The number of hydrogen-bond acceptors (Lipinski definition) is 4. The van der Waals surface area contributed by atoms with Crippen LogP contribution in [0.1, 0.15) is 27.1 Å². The highest BCUT2D eigenvalue weighted by molar-refractivity contribution is 9.10. The first-order valence-corrected chi connectivity index (χ1v) is 8.31. The van der Waals surface area contributed by atoms with Crippen LogP contribution in [-0.4, -0.2) is 31.4 Å². The van der Waals surface area contributed by atoms with Gasteiger partial charge in [-0.25, -0.2) is 4.79 Å². The topological polar surface area (TPSA) is 84.5 Å². The van der Waals surface area contributed by atoms with Gasteiger partial charge in [0.2, 0.25) is 5.91 Å². The molecule has 2 aromatic rings. The molecule has 6 nitrogen and oxygen atoms in total. The zero-order chi connectivity index (χ0) is 18.2. The van der Waals surface area contributed by atoms with E-state index in [1.54, 1.807) is 48.5 Å². The zero-order valence-corrected chi connectivity index (χ0v) is 15.1. The Morgan fingerprint density at radius 3 is 2.40 bits per heavy atom. The van der Waals surface area contributed by atoms with Crippen LogP contribution in [-0.2, 0) is 9.53 Å². The first-order valence-electron chi connectivity index (χ1n) is 7.52. The third kappa shape index (κ3) is 5.42. The molecule has 0 bridgehead atoms. The second-order valence-electron chi connectivity index (χ2n) is 5.10. The molecule has 0 atom stereocenters. The van der Waals surface area contributed by atoms with E-state index in [0.29, 0.717) is 11.3 Å². The van der Waals surface area contributed by atoms with Crippen LogP contribution in [0, 0.1) is 0 Å². The Balaban J connectivity index is 1.86. The minimum absolute atomic E-state index is 0.0811. The van der Waals surface area contributed by atoms with Gasteiger partial charge in [0.1, 0.15) is 0 Å². The van der Waals surface area contributed by atoms with Gasteiger partial charge in [0.05, 0.1) is 18.4 Å². The van der Waals surface area contributed by atoms with E-state index in [-0.39, 0.29) is 30.3 Å². The molecule has 0 aromatic heterocycles. The first kappa shape index (κ1) is 18.7. The lowest BCUT2D eigenvalue weighted by Crippen LogP contribution is -2.27. The van der Waals surface area contributed by atoms with Crippen molar-refractivity contribution in [3.8, 4) is 0 Å². The zero-order valence-electron chi connectivity index (χ0n) is 13.5. The molecular weight excluding hydrogens is 388 g/mol. The van der Waals surface area contributed by atoms with E-state index in [1.807, 2.05) is 0 Å². The third-order valence-corrected chi connectivity index (χ3v) is 3.88. The maximum absolute atomic E-state index is 12.0. The Hall–Kier alpha value is -2.67. The molecule has 7 heteroatoms. The number of carbonyl (C=O) groups excluding carboxylic acids is 3. The summed E-state index contributed by atoms with van der Waals surface area (Å²) in [4.78, 5) is 35.6. The summed E-state index contributed by atoms with van der Waals surface area (Å²) in [6, 6.07) is 13.5.